The Kier molecular flexibility index (Phi) is 5.65. The lowest BCUT2D eigenvalue weighted by molar-refractivity contribution is 0.0963. The number of anilines is 1. The highest BCUT2D eigenvalue weighted by molar-refractivity contribution is 7.99. The van der Waals surface area contributed by atoms with Gasteiger partial charge in [-0.1, -0.05) is 35.9 Å². The Morgan fingerprint density at radius 1 is 1.25 bits per heavy atom. The number of para-hydroxylation sites is 1. The average molecular weight is 414 g/mol. The predicted molar refractivity (Wildman–Crippen MR) is 119 cm³/mol. The topological polar surface area (TPSA) is 53.5 Å². The van der Waals surface area contributed by atoms with Crippen molar-refractivity contribution in [1.82, 2.24) is 5.32 Å². The molecule has 1 amide bonds. The van der Waals surface area contributed by atoms with Crippen LogP contribution in [0.5, 0.6) is 0 Å². The van der Waals surface area contributed by atoms with E-state index in [0.717, 1.165) is 52.9 Å². The Labute approximate surface area is 175 Å². The molecule has 146 valence electrons. The SMILES string of the molecule is CNC(=O)c1cccc2c1NC(=NCc1cccc(Cl)c1)C1(CCSCC1)C2. The lowest BCUT2D eigenvalue weighted by atomic mass is 9.72. The maximum atomic E-state index is 12.4. The number of nitrogens with one attached hydrogen (secondary N) is 2. The van der Waals surface area contributed by atoms with Gasteiger partial charge in [-0.3, -0.25) is 9.79 Å². The van der Waals surface area contributed by atoms with Gasteiger partial charge in [0.2, 0.25) is 0 Å². The Bertz CT molecular complexity index is 922. The highest BCUT2D eigenvalue weighted by Crippen LogP contribution is 2.45. The molecule has 6 heteroatoms. The molecule has 0 aromatic heterocycles. The fraction of sp³-hybridized carbons (Fsp3) is 0.364. The number of carbonyl (C=O) groups excluding carboxylic acids is 1. The smallest absolute Gasteiger partial charge is 0.253 e. The largest absolute Gasteiger partial charge is 0.355 e. The van der Waals surface area contributed by atoms with E-state index in [1.54, 1.807) is 7.05 Å². The summed E-state index contributed by atoms with van der Waals surface area (Å²) in [6.07, 6.45) is 3.13. The molecule has 0 bridgehead atoms. The summed E-state index contributed by atoms with van der Waals surface area (Å²) in [6, 6.07) is 13.8. The van der Waals surface area contributed by atoms with Gasteiger partial charge < -0.3 is 10.6 Å². The molecular weight excluding hydrogens is 390 g/mol. The Balaban J connectivity index is 1.73. The number of aliphatic imine (C=N–C) groups is 1. The second-order valence-electron chi connectivity index (χ2n) is 7.41. The molecule has 2 N–H and O–H groups in total. The molecule has 1 saturated heterocycles. The van der Waals surface area contributed by atoms with Gasteiger partial charge in [0.25, 0.3) is 5.91 Å². The first kappa shape index (κ1) is 19.3. The second-order valence-corrected chi connectivity index (χ2v) is 9.07. The Morgan fingerprint density at radius 3 is 2.79 bits per heavy atom. The van der Waals surface area contributed by atoms with Crippen LogP contribution in [0.25, 0.3) is 0 Å². The molecule has 4 rings (SSSR count). The summed E-state index contributed by atoms with van der Waals surface area (Å²) in [4.78, 5) is 17.4. The molecule has 0 atom stereocenters. The number of hydrogen-bond donors (Lipinski definition) is 2. The maximum Gasteiger partial charge on any atom is 0.253 e. The van der Waals surface area contributed by atoms with Crippen molar-refractivity contribution in [2.75, 3.05) is 23.9 Å². The highest BCUT2D eigenvalue weighted by Gasteiger charge is 2.42. The van der Waals surface area contributed by atoms with Crippen molar-refractivity contribution in [2.45, 2.75) is 25.8 Å². The molecule has 0 unspecified atom stereocenters. The molecule has 1 fully saturated rings. The van der Waals surface area contributed by atoms with E-state index in [9.17, 15) is 4.79 Å². The van der Waals surface area contributed by atoms with Crippen molar-refractivity contribution in [3.63, 3.8) is 0 Å². The van der Waals surface area contributed by atoms with E-state index in [4.69, 9.17) is 16.6 Å². The van der Waals surface area contributed by atoms with Gasteiger partial charge in [0.15, 0.2) is 0 Å². The minimum atomic E-state index is -0.0753. The predicted octanol–water partition coefficient (Wildman–Crippen LogP) is 4.78. The standard InChI is InChI=1S/C22H24ClN3OS/c1-24-20(27)18-7-3-5-16-13-22(8-10-28-11-9-22)21(26-19(16)18)25-14-15-4-2-6-17(23)12-15/h2-7,12H,8-11,13-14H2,1H3,(H,24,27)(H,25,26). The molecule has 2 aliphatic rings. The summed E-state index contributed by atoms with van der Waals surface area (Å²) in [6.45, 7) is 0.579. The first-order valence-electron chi connectivity index (χ1n) is 9.59. The van der Waals surface area contributed by atoms with Crippen LogP contribution >= 0.6 is 23.4 Å². The zero-order valence-electron chi connectivity index (χ0n) is 15.9. The average Bonchev–Trinajstić information content (AvgIpc) is 2.72. The number of benzene rings is 2. The van der Waals surface area contributed by atoms with Crippen molar-refractivity contribution in [3.05, 3.63) is 64.2 Å². The number of halogens is 1. The van der Waals surface area contributed by atoms with Crippen LogP contribution in [0, 0.1) is 5.41 Å². The van der Waals surface area contributed by atoms with E-state index < -0.39 is 0 Å². The van der Waals surface area contributed by atoms with Crippen LogP contribution in [0.15, 0.2) is 47.5 Å². The van der Waals surface area contributed by atoms with Crippen LogP contribution in [0.1, 0.15) is 34.3 Å². The van der Waals surface area contributed by atoms with E-state index in [2.05, 4.69) is 16.7 Å². The van der Waals surface area contributed by atoms with Gasteiger partial charge in [-0.05, 0) is 60.1 Å². The second kappa shape index (κ2) is 8.18. The van der Waals surface area contributed by atoms with E-state index in [0.29, 0.717) is 12.1 Å². The van der Waals surface area contributed by atoms with Crippen molar-refractivity contribution in [2.24, 2.45) is 10.4 Å². The molecular formula is C22H24ClN3OS. The third kappa shape index (κ3) is 3.78. The third-order valence-electron chi connectivity index (χ3n) is 5.66. The first-order valence-corrected chi connectivity index (χ1v) is 11.1. The maximum absolute atomic E-state index is 12.4. The fourth-order valence-corrected chi connectivity index (χ4v) is 5.59. The fourth-order valence-electron chi connectivity index (χ4n) is 4.11. The van der Waals surface area contributed by atoms with Gasteiger partial charge >= 0.3 is 0 Å². The van der Waals surface area contributed by atoms with Gasteiger partial charge in [0.1, 0.15) is 5.84 Å². The molecule has 2 heterocycles. The van der Waals surface area contributed by atoms with Crippen LogP contribution in [-0.2, 0) is 13.0 Å². The number of fused-ring (bicyclic) bond motifs is 1. The van der Waals surface area contributed by atoms with Gasteiger partial charge in [-0.2, -0.15) is 11.8 Å². The summed E-state index contributed by atoms with van der Waals surface area (Å²) in [5.41, 5.74) is 3.89. The third-order valence-corrected chi connectivity index (χ3v) is 6.88. The van der Waals surface area contributed by atoms with Crippen molar-refractivity contribution < 1.29 is 4.79 Å². The van der Waals surface area contributed by atoms with E-state index in [-0.39, 0.29) is 11.3 Å². The quantitative estimate of drug-likeness (QED) is 0.761. The molecule has 2 aliphatic heterocycles. The van der Waals surface area contributed by atoms with Gasteiger partial charge in [0, 0.05) is 17.5 Å². The van der Waals surface area contributed by atoms with Crippen LogP contribution in [-0.4, -0.2) is 30.3 Å². The zero-order valence-corrected chi connectivity index (χ0v) is 17.5. The molecule has 28 heavy (non-hydrogen) atoms. The lowest BCUT2D eigenvalue weighted by Crippen LogP contribution is -2.45. The Morgan fingerprint density at radius 2 is 2.04 bits per heavy atom. The molecule has 1 spiro atoms. The molecule has 0 saturated carbocycles. The highest BCUT2D eigenvalue weighted by atomic mass is 35.5. The van der Waals surface area contributed by atoms with E-state index in [1.165, 1.54) is 5.56 Å². The van der Waals surface area contributed by atoms with Gasteiger partial charge in [0.05, 0.1) is 17.8 Å². The normalized spacial score (nSPS) is 19.1. The van der Waals surface area contributed by atoms with Crippen molar-refractivity contribution in [1.29, 1.82) is 0 Å². The number of carbonyl (C=O) groups is 1. The van der Waals surface area contributed by atoms with Crippen LogP contribution in [0.3, 0.4) is 0 Å². The Hall–Kier alpha value is -1.98. The molecule has 4 nitrogen and oxygen atoms in total. The van der Waals surface area contributed by atoms with Crippen LogP contribution < -0.4 is 10.6 Å². The summed E-state index contributed by atoms with van der Waals surface area (Å²) in [7, 11) is 1.67. The minimum Gasteiger partial charge on any atom is -0.355 e. The number of thioether (sulfide) groups is 1. The number of amides is 1. The number of nitrogens with zero attached hydrogens (tertiary/aromatic N) is 1. The monoisotopic (exact) mass is 413 g/mol. The molecule has 0 aliphatic carbocycles. The first-order chi connectivity index (χ1) is 13.6. The van der Waals surface area contributed by atoms with Crippen molar-refractivity contribution in [3.8, 4) is 0 Å². The zero-order chi connectivity index (χ0) is 19.6. The lowest BCUT2D eigenvalue weighted by Gasteiger charge is -2.43. The summed E-state index contributed by atoms with van der Waals surface area (Å²) in [5.74, 6) is 3.22. The number of rotatable bonds is 3. The molecule has 2 aromatic carbocycles. The molecule has 0 radical (unpaired) electrons. The van der Waals surface area contributed by atoms with Gasteiger partial charge in [-0.25, -0.2) is 0 Å². The van der Waals surface area contributed by atoms with E-state index >= 15 is 0 Å². The summed E-state index contributed by atoms with van der Waals surface area (Å²) < 4.78 is 0. The van der Waals surface area contributed by atoms with Crippen molar-refractivity contribution >= 4 is 40.8 Å². The van der Waals surface area contributed by atoms with Crippen LogP contribution in [0.2, 0.25) is 5.02 Å². The number of hydrogen-bond acceptors (Lipinski definition) is 3. The minimum absolute atomic E-state index is 0.0259. The summed E-state index contributed by atoms with van der Waals surface area (Å²) in [5, 5.41) is 7.04. The van der Waals surface area contributed by atoms with Crippen LogP contribution in [0.4, 0.5) is 5.69 Å². The van der Waals surface area contributed by atoms with Gasteiger partial charge in [-0.15, -0.1) is 0 Å². The molecule has 2 aromatic rings. The number of amidine groups is 1. The summed E-state index contributed by atoms with van der Waals surface area (Å²) >= 11 is 8.15. The van der Waals surface area contributed by atoms with E-state index in [1.807, 2.05) is 48.2 Å².